The van der Waals surface area contributed by atoms with Gasteiger partial charge in [-0.15, -0.1) is 0 Å². The van der Waals surface area contributed by atoms with E-state index in [1.54, 1.807) is 0 Å². The van der Waals surface area contributed by atoms with Gasteiger partial charge in [-0.2, -0.15) is 0 Å². The summed E-state index contributed by atoms with van der Waals surface area (Å²) >= 11 is 0. The van der Waals surface area contributed by atoms with Crippen molar-refractivity contribution in [3.63, 3.8) is 0 Å². The molecule has 2 unspecified atom stereocenters. The molecule has 1 aliphatic rings. The van der Waals surface area contributed by atoms with Crippen LogP contribution in [0.5, 0.6) is 0 Å². The third-order valence-electron chi connectivity index (χ3n) is 3.48. The molecule has 1 aliphatic heterocycles. The van der Waals surface area contributed by atoms with Crippen molar-refractivity contribution in [2.45, 2.75) is 32.5 Å². The Balaban J connectivity index is 2.07. The summed E-state index contributed by atoms with van der Waals surface area (Å²) in [6.07, 6.45) is 0.0394. The molecule has 1 fully saturated rings. The van der Waals surface area contributed by atoms with E-state index in [4.69, 9.17) is 4.74 Å². The van der Waals surface area contributed by atoms with Gasteiger partial charge in [-0.3, -0.25) is 4.90 Å². The highest BCUT2D eigenvalue weighted by molar-refractivity contribution is 5.26. The number of rotatable bonds is 4. The average Bonchev–Trinajstić information content (AvgIpc) is 2.37. The Hall–Kier alpha value is -0.970. The van der Waals surface area contributed by atoms with E-state index in [-0.39, 0.29) is 11.9 Å². The van der Waals surface area contributed by atoms with Crippen LogP contribution in [0.4, 0.5) is 4.39 Å². The van der Waals surface area contributed by atoms with E-state index in [1.165, 1.54) is 12.1 Å². The van der Waals surface area contributed by atoms with Crippen LogP contribution >= 0.6 is 0 Å². The van der Waals surface area contributed by atoms with E-state index >= 15 is 0 Å². The van der Waals surface area contributed by atoms with Crippen molar-refractivity contribution in [3.05, 3.63) is 35.1 Å². The Labute approximate surface area is 114 Å². The fraction of sp³-hybridized carbons (Fsp3) is 0.600. The maximum Gasteiger partial charge on any atom is 0.123 e. The molecule has 1 N–H and O–H groups in total. The molecule has 1 aromatic carbocycles. The van der Waals surface area contributed by atoms with Crippen LogP contribution in [0.2, 0.25) is 0 Å². The van der Waals surface area contributed by atoms with Gasteiger partial charge in [-0.25, -0.2) is 4.39 Å². The summed E-state index contributed by atoms with van der Waals surface area (Å²) in [5.74, 6) is -0.310. The largest absolute Gasteiger partial charge is 0.386 e. The molecule has 1 saturated heterocycles. The predicted octanol–water partition coefficient (Wildman–Crippen LogP) is 2.28. The van der Waals surface area contributed by atoms with Crippen molar-refractivity contribution >= 4 is 0 Å². The number of benzene rings is 1. The smallest absolute Gasteiger partial charge is 0.123 e. The Kier molecular flexibility index (Phi) is 4.91. The van der Waals surface area contributed by atoms with Crippen molar-refractivity contribution in [2.75, 3.05) is 26.2 Å². The summed E-state index contributed by atoms with van der Waals surface area (Å²) in [6, 6.07) is 4.66. The lowest BCUT2D eigenvalue weighted by molar-refractivity contribution is -0.0899. The maximum absolute atomic E-state index is 13.4. The molecule has 0 aromatic heterocycles. The van der Waals surface area contributed by atoms with Gasteiger partial charge in [-0.1, -0.05) is 13.0 Å². The third kappa shape index (κ3) is 3.75. The zero-order valence-corrected chi connectivity index (χ0v) is 11.6. The first-order chi connectivity index (χ1) is 9.10. The predicted molar refractivity (Wildman–Crippen MR) is 72.6 cm³/mol. The maximum atomic E-state index is 13.4. The Morgan fingerprint density at radius 3 is 2.95 bits per heavy atom. The van der Waals surface area contributed by atoms with Crippen molar-refractivity contribution in [1.82, 2.24) is 4.90 Å². The van der Waals surface area contributed by atoms with Crippen molar-refractivity contribution < 1.29 is 14.2 Å². The van der Waals surface area contributed by atoms with E-state index in [0.29, 0.717) is 18.7 Å². The molecule has 0 radical (unpaired) electrons. The second kappa shape index (κ2) is 6.46. The minimum atomic E-state index is -0.769. The van der Waals surface area contributed by atoms with E-state index < -0.39 is 6.10 Å². The summed E-state index contributed by atoms with van der Waals surface area (Å²) in [4.78, 5) is 2.28. The lowest BCUT2D eigenvalue weighted by atomic mass is 10.0. The molecule has 4 heteroatoms. The van der Waals surface area contributed by atoms with Gasteiger partial charge in [0.05, 0.1) is 6.61 Å². The first-order valence-corrected chi connectivity index (χ1v) is 6.89. The van der Waals surface area contributed by atoms with Crippen LogP contribution in [0.1, 0.15) is 30.6 Å². The van der Waals surface area contributed by atoms with Gasteiger partial charge >= 0.3 is 0 Å². The normalized spacial score (nSPS) is 22.4. The Morgan fingerprint density at radius 2 is 2.26 bits per heavy atom. The SMILES string of the molecule is CCCN1CCOC(C(O)c2cc(C)cc(F)c2)C1. The minimum absolute atomic E-state index is 0.276. The fourth-order valence-electron chi connectivity index (χ4n) is 2.59. The van der Waals surface area contributed by atoms with Crippen LogP contribution in [0, 0.1) is 12.7 Å². The standard InChI is InChI=1S/C15H22FNO2/c1-3-4-17-5-6-19-14(10-17)15(18)12-7-11(2)8-13(16)9-12/h7-9,14-15,18H,3-6,10H2,1-2H3. The number of hydrogen-bond donors (Lipinski definition) is 1. The van der Waals surface area contributed by atoms with Crippen molar-refractivity contribution in [2.24, 2.45) is 0 Å². The number of nitrogens with zero attached hydrogens (tertiary/aromatic N) is 1. The summed E-state index contributed by atoms with van der Waals surface area (Å²) in [5.41, 5.74) is 1.41. The lowest BCUT2D eigenvalue weighted by Crippen LogP contribution is -2.45. The summed E-state index contributed by atoms with van der Waals surface area (Å²) in [5, 5.41) is 10.4. The zero-order valence-electron chi connectivity index (χ0n) is 11.6. The van der Waals surface area contributed by atoms with Crippen LogP contribution in [0.25, 0.3) is 0 Å². The van der Waals surface area contributed by atoms with E-state index in [9.17, 15) is 9.50 Å². The monoisotopic (exact) mass is 267 g/mol. The number of aliphatic hydroxyl groups is 1. The second-order valence-electron chi connectivity index (χ2n) is 5.22. The zero-order chi connectivity index (χ0) is 13.8. The van der Waals surface area contributed by atoms with Gasteiger partial charge in [-0.05, 0) is 43.1 Å². The fourth-order valence-corrected chi connectivity index (χ4v) is 2.59. The van der Waals surface area contributed by atoms with Crippen LogP contribution in [-0.2, 0) is 4.74 Å². The van der Waals surface area contributed by atoms with Crippen LogP contribution in [0.15, 0.2) is 18.2 Å². The van der Waals surface area contributed by atoms with Gasteiger partial charge in [0.2, 0.25) is 0 Å². The van der Waals surface area contributed by atoms with Gasteiger partial charge in [0, 0.05) is 13.1 Å². The number of halogens is 1. The molecule has 106 valence electrons. The first kappa shape index (κ1) is 14.4. The summed E-state index contributed by atoms with van der Waals surface area (Å²) in [6.45, 7) is 7.19. The average molecular weight is 267 g/mol. The van der Waals surface area contributed by atoms with E-state index in [0.717, 1.165) is 25.1 Å². The lowest BCUT2D eigenvalue weighted by Gasteiger charge is -2.35. The molecule has 0 saturated carbocycles. The first-order valence-electron chi connectivity index (χ1n) is 6.89. The van der Waals surface area contributed by atoms with Crippen LogP contribution < -0.4 is 0 Å². The third-order valence-corrected chi connectivity index (χ3v) is 3.48. The van der Waals surface area contributed by atoms with Gasteiger partial charge in [0.1, 0.15) is 18.0 Å². The molecule has 1 aromatic rings. The molecule has 0 spiro atoms. The Morgan fingerprint density at radius 1 is 1.47 bits per heavy atom. The molecule has 3 nitrogen and oxygen atoms in total. The van der Waals surface area contributed by atoms with E-state index in [1.807, 2.05) is 13.0 Å². The molecule has 19 heavy (non-hydrogen) atoms. The minimum Gasteiger partial charge on any atom is -0.386 e. The van der Waals surface area contributed by atoms with Crippen molar-refractivity contribution in [1.29, 1.82) is 0 Å². The number of ether oxygens (including phenoxy) is 1. The topological polar surface area (TPSA) is 32.7 Å². The quantitative estimate of drug-likeness (QED) is 0.908. The Bertz CT molecular complexity index is 402. The summed E-state index contributed by atoms with van der Waals surface area (Å²) < 4.78 is 19.0. The summed E-state index contributed by atoms with van der Waals surface area (Å²) in [7, 11) is 0. The molecule has 2 atom stereocenters. The molecule has 0 aliphatic carbocycles. The number of morpholine rings is 1. The van der Waals surface area contributed by atoms with Gasteiger partial charge < -0.3 is 9.84 Å². The molecule has 1 heterocycles. The van der Waals surface area contributed by atoms with Gasteiger partial charge in [0.25, 0.3) is 0 Å². The van der Waals surface area contributed by atoms with E-state index in [2.05, 4.69) is 11.8 Å². The van der Waals surface area contributed by atoms with Crippen molar-refractivity contribution in [3.8, 4) is 0 Å². The van der Waals surface area contributed by atoms with Gasteiger partial charge in [0.15, 0.2) is 0 Å². The number of hydrogen-bond acceptors (Lipinski definition) is 3. The number of aryl methyl sites for hydroxylation is 1. The molecule has 2 rings (SSSR count). The molecule has 0 amide bonds. The van der Waals surface area contributed by atoms with Crippen LogP contribution in [-0.4, -0.2) is 42.4 Å². The second-order valence-corrected chi connectivity index (χ2v) is 5.22. The molecular weight excluding hydrogens is 245 g/mol. The highest BCUT2D eigenvalue weighted by Gasteiger charge is 2.27. The molecular formula is C15H22FNO2. The highest BCUT2D eigenvalue weighted by atomic mass is 19.1. The molecule has 0 bridgehead atoms. The number of aliphatic hydroxyl groups excluding tert-OH is 1. The highest BCUT2D eigenvalue weighted by Crippen LogP contribution is 2.24. The van der Waals surface area contributed by atoms with Crippen LogP contribution in [0.3, 0.4) is 0 Å².